The van der Waals surface area contributed by atoms with Gasteiger partial charge < -0.3 is 4.90 Å². The molecule has 0 aliphatic heterocycles. The van der Waals surface area contributed by atoms with Crippen LogP contribution in [-0.2, 0) is 6.42 Å². The molecule has 6 heteroatoms. The first-order valence-corrected chi connectivity index (χ1v) is 10.2. The number of nitrogens with zero attached hydrogens (tertiary/aromatic N) is 3. The Kier molecular flexibility index (Phi) is 6.21. The van der Waals surface area contributed by atoms with E-state index < -0.39 is 0 Å². The Balaban J connectivity index is 1.95. The fourth-order valence-corrected chi connectivity index (χ4v) is 3.93. The number of ketones is 1. The molecule has 0 fully saturated rings. The lowest BCUT2D eigenvalue weighted by Gasteiger charge is -2.22. The van der Waals surface area contributed by atoms with Gasteiger partial charge in [0.2, 0.25) is 0 Å². The zero-order valence-electron chi connectivity index (χ0n) is 16.7. The SMILES string of the molecule is CCc1ccc2nc(N(CCN(C)C)C(=O)c3ccc(C(C)=O)cc3)sc2c1. The molecule has 1 aromatic heterocycles. The average Bonchev–Trinajstić information content (AvgIpc) is 3.10. The highest BCUT2D eigenvalue weighted by Crippen LogP contribution is 2.30. The Labute approximate surface area is 169 Å². The lowest BCUT2D eigenvalue weighted by molar-refractivity contribution is 0.0981. The second kappa shape index (κ2) is 8.63. The van der Waals surface area contributed by atoms with Crippen molar-refractivity contribution in [2.24, 2.45) is 0 Å². The number of aryl methyl sites for hydroxylation is 1. The average molecular weight is 396 g/mol. The maximum Gasteiger partial charge on any atom is 0.260 e. The smallest absolute Gasteiger partial charge is 0.260 e. The summed E-state index contributed by atoms with van der Waals surface area (Å²) in [6.07, 6.45) is 0.967. The van der Waals surface area contributed by atoms with Crippen LogP contribution in [0.5, 0.6) is 0 Å². The summed E-state index contributed by atoms with van der Waals surface area (Å²) in [7, 11) is 3.96. The minimum atomic E-state index is -0.105. The van der Waals surface area contributed by atoms with E-state index in [9.17, 15) is 9.59 Å². The fraction of sp³-hybridized carbons (Fsp3) is 0.318. The number of hydrogen-bond donors (Lipinski definition) is 0. The number of likely N-dealkylation sites (N-methyl/N-ethyl adjacent to an activating group) is 1. The lowest BCUT2D eigenvalue weighted by atomic mass is 10.1. The van der Waals surface area contributed by atoms with Crippen LogP contribution < -0.4 is 4.90 Å². The summed E-state index contributed by atoms with van der Waals surface area (Å²) in [5.74, 6) is -0.118. The molecule has 0 saturated carbocycles. The molecule has 3 rings (SSSR count). The number of fused-ring (bicyclic) bond motifs is 1. The predicted octanol–water partition coefficient (Wildman–Crippen LogP) is 4.27. The molecular formula is C22H25N3O2S. The maximum atomic E-state index is 13.2. The van der Waals surface area contributed by atoms with Gasteiger partial charge in [0, 0.05) is 24.2 Å². The topological polar surface area (TPSA) is 53.5 Å². The van der Waals surface area contributed by atoms with Crippen LogP contribution in [-0.4, -0.2) is 48.8 Å². The summed E-state index contributed by atoms with van der Waals surface area (Å²) < 4.78 is 1.09. The minimum absolute atomic E-state index is 0.0126. The van der Waals surface area contributed by atoms with E-state index in [1.807, 2.05) is 25.1 Å². The van der Waals surface area contributed by atoms with Crippen molar-refractivity contribution in [2.75, 3.05) is 32.1 Å². The van der Waals surface area contributed by atoms with Crippen molar-refractivity contribution in [3.05, 3.63) is 59.2 Å². The first-order valence-electron chi connectivity index (χ1n) is 9.36. The third-order valence-electron chi connectivity index (χ3n) is 4.64. The third kappa shape index (κ3) is 4.46. The van der Waals surface area contributed by atoms with Gasteiger partial charge >= 0.3 is 0 Å². The largest absolute Gasteiger partial charge is 0.308 e. The molecule has 0 radical (unpaired) electrons. The number of amides is 1. The molecule has 0 aliphatic rings. The monoisotopic (exact) mass is 395 g/mol. The molecular weight excluding hydrogens is 370 g/mol. The second-order valence-corrected chi connectivity index (χ2v) is 8.05. The van der Waals surface area contributed by atoms with Gasteiger partial charge in [0.25, 0.3) is 5.91 Å². The van der Waals surface area contributed by atoms with Gasteiger partial charge in [0.15, 0.2) is 10.9 Å². The van der Waals surface area contributed by atoms with E-state index in [1.165, 1.54) is 23.8 Å². The van der Waals surface area contributed by atoms with Crippen molar-refractivity contribution < 1.29 is 9.59 Å². The van der Waals surface area contributed by atoms with Gasteiger partial charge in [-0.3, -0.25) is 14.5 Å². The summed E-state index contributed by atoms with van der Waals surface area (Å²) >= 11 is 1.54. The van der Waals surface area contributed by atoms with Gasteiger partial charge in [-0.05, 0) is 57.3 Å². The number of aromatic nitrogens is 1. The molecule has 146 valence electrons. The molecule has 5 nitrogen and oxygen atoms in total. The Morgan fingerprint density at radius 1 is 1.00 bits per heavy atom. The number of hydrogen-bond acceptors (Lipinski definition) is 5. The van der Waals surface area contributed by atoms with E-state index >= 15 is 0 Å². The molecule has 0 saturated heterocycles. The molecule has 0 atom stereocenters. The van der Waals surface area contributed by atoms with Crippen LogP contribution in [0.4, 0.5) is 5.13 Å². The van der Waals surface area contributed by atoms with Crippen LogP contribution in [0.3, 0.4) is 0 Å². The summed E-state index contributed by atoms with van der Waals surface area (Å²) in [6.45, 7) is 4.92. The summed E-state index contributed by atoms with van der Waals surface area (Å²) in [4.78, 5) is 33.2. The van der Waals surface area contributed by atoms with Crippen LogP contribution in [0.25, 0.3) is 10.2 Å². The Morgan fingerprint density at radius 3 is 2.29 bits per heavy atom. The van der Waals surface area contributed by atoms with Gasteiger partial charge in [0.1, 0.15) is 0 Å². The van der Waals surface area contributed by atoms with Gasteiger partial charge in [-0.15, -0.1) is 0 Å². The highest BCUT2D eigenvalue weighted by molar-refractivity contribution is 7.22. The molecule has 2 aromatic carbocycles. The Morgan fingerprint density at radius 2 is 1.68 bits per heavy atom. The Bertz CT molecular complexity index is 993. The summed E-state index contributed by atoms with van der Waals surface area (Å²) in [5.41, 5.74) is 3.32. The fourth-order valence-electron chi connectivity index (χ4n) is 2.88. The zero-order valence-corrected chi connectivity index (χ0v) is 17.5. The number of thiazole rings is 1. The second-order valence-electron chi connectivity index (χ2n) is 7.05. The molecule has 1 amide bonds. The predicted molar refractivity (Wildman–Crippen MR) is 116 cm³/mol. The number of carbonyl (C=O) groups excluding carboxylic acids is 2. The molecule has 0 N–H and O–H groups in total. The van der Waals surface area contributed by atoms with Crippen molar-refractivity contribution in [1.29, 1.82) is 0 Å². The number of anilines is 1. The quantitative estimate of drug-likeness (QED) is 0.561. The van der Waals surface area contributed by atoms with E-state index in [0.29, 0.717) is 22.8 Å². The van der Waals surface area contributed by atoms with Gasteiger partial charge in [-0.1, -0.05) is 36.5 Å². The van der Waals surface area contributed by atoms with E-state index in [0.717, 1.165) is 23.2 Å². The van der Waals surface area contributed by atoms with Crippen LogP contribution in [0.2, 0.25) is 0 Å². The molecule has 0 spiro atoms. The van der Waals surface area contributed by atoms with Crippen molar-refractivity contribution in [3.63, 3.8) is 0 Å². The number of benzene rings is 2. The Hall–Kier alpha value is -2.57. The molecule has 0 unspecified atom stereocenters. The van der Waals surface area contributed by atoms with E-state index in [-0.39, 0.29) is 11.7 Å². The van der Waals surface area contributed by atoms with Crippen LogP contribution in [0.1, 0.15) is 40.1 Å². The van der Waals surface area contributed by atoms with Crippen LogP contribution in [0, 0.1) is 0 Å². The first-order chi connectivity index (χ1) is 13.4. The van der Waals surface area contributed by atoms with Gasteiger partial charge in [0.05, 0.1) is 10.2 Å². The standard InChI is InChI=1S/C22H25N3O2S/c1-5-16-6-11-19-20(14-16)28-22(23-19)25(13-12-24(3)4)21(27)18-9-7-17(8-10-18)15(2)26/h6-11,14H,5,12-13H2,1-4H3. The van der Waals surface area contributed by atoms with Crippen molar-refractivity contribution in [3.8, 4) is 0 Å². The van der Waals surface area contributed by atoms with Crippen molar-refractivity contribution in [1.82, 2.24) is 9.88 Å². The highest BCUT2D eigenvalue weighted by atomic mass is 32.1. The van der Waals surface area contributed by atoms with Crippen molar-refractivity contribution in [2.45, 2.75) is 20.3 Å². The van der Waals surface area contributed by atoms with Gasteiger partial charge in [-0.25, -0.2) is 4.98 Å². The number of carbonyl (C=O) groups is 2. The lowest BCUT2D eigenvalue weighted by Crippen LogP contribution is -2.36. The summed E-state index contributed by atoms with van der Waals surface area (Å²) in [6, 6.07) is 13.1. The molecule has 28 heavy (non-hydrogen) atoms. The number of Topliss-reactive ketones (excluding diaryl/α,β-unsaturated/α-hetero) is 1. The first kappa shape index (κ1) is 20.2. The molecule has 3 aromatic rings. The molecule has 1 heterocycles. The van der Waals surface area contributed by atoms with E-state index in [4.69, 9.17) is 4.98 Å². The van der Waals surface area contributed by atoms with Crippen LogP contribution in [0.15, 0.2) is 42.5 Å². The van der Waals surface area contributed by atoms with E-state index in [2.05, 4.69) is 19.1 Å². The molecule has 0 bridgehead atoms. The van der Waals surface area contributed by atoms with Crippen molar-refractivity contribution >= 4 is 38.4 Å². The van der Waals surface area contributed by atoms with E-state index in [1.54, 1.807) is 29.2 Å². The summed E-state index contributed by atoms with van der Waals surface area (Å²) in [5, 5.41) is 0.700. The van der Waals surface area contributed by atoms with Crippen LogP contribution >= 0.6 is 11.3 Å². The normalized spacial score (nSPS) is 11.2. The molecule has 0 aliphatic carbocycles. The maximum absolute atomic E-state index is 13.2. The highest BCUT2D eigenvalue weighted by Gasteiger charge is 2.21. The third-order valence-corrected chi connectivity index (χ3v) is 5.68. The van der Waals surface area contributed by atoms with Gasteiger partial charge in [-0.2, -0.15) is 0 Å². The zero-order chi connectivity index (χ0) is 20.3. The number of rotatable bonds is 7. The minimum Gasteiger partial charge on any atom is -0.308 e.